The molecule has 148 valence electrons. The molecule has 2 aromatic rings. The van der Waals surface area contributed by atoms with Gasteiger partial charge in [0.1, 0.15) is 0 Å². The lowest BCUT2D eigenvalue weighted by Crippen LogP contribution is -2.47. The fraction of sp³-hybridized carbons (Fsp3) is 0.478. The van der Waals surface area contributed by atoms with Gasteiger partial charge in [0, 0.05) is 23.9 Å². The molecule has 2 aliphatic rings. The van der Waals surface area contributed by atoms with Crippen LogP contribution >= 0.6 is 11.3 Å². The van der Waals surface area contributed by atoms with Crippen molar-refractivity contribution in [2.45, 2.75) is 45.1 Å². The second-order valence-corrected chi connectivity index (χ2v) is 8.84. The first-order valence-corrected chi connectivity index (χ1v) is 11.3. The van der Waals surface area contributed by atoms with Crippen LogP contribution in [0.2, 0.25) is 0 Å². The van der Waals surface area contributed by atoms with Crippen molar-refractivity contribution in [3.05, 3.63) is 57.8 Å². The summed E-state index contributed by atoms with van der Waals surface area (Å²) in [6.07, 6.45) is 4.82. The number of rotatable bonds is 7. The minimum atomic E-state index is -0.0484. The van der Waals surface area contributed by atoms with E-state index in [0.29, 0.717) is 13.1 Å². The molecule has 0 N–H and O–H groups in total. The Morgan fingerprint density at radius 1 is 1.18 bits per heavy atom. The summed E-state index contributed by atoms with van der Waals surface area (Å²) < 4.78 is 0. The monoisotopic (exact) mass is 396 g/mol. The molecule has 0 unspecified atom stereocenters. The van der Waals surface area contributed by atoms with E-state index in [2.05, 4.69) is 30.5 Å². The molecule has 1 saturated carbocycles. The zero-order valence-corrected chi connectivity index (χ0v) is 17.3. The van der Waals surface area contributed by atoms with Gasteiger partial charge in [0.05, 0.1) is 12.6 Å². The minimum absolute atomic E-state index is 0.0484. The molecule has 2 heterocycles. The molecule has 0 spiro atoms. The molecule has 0 bridgehead atoms. The average molecular weight is 397 g/mol. The molecule has 28 heavy (non-hydrogen) atoms. The number of hydrogen-bond donors (Lipinski definition) is 0. The highest BCUT2D eigenvalue weighted by Gasteiger charge is 2.37. The maximum Gasteiger partial charge on any atom is 0.242 e. The second-order valence-electron chi connectivity index (χ2n) is 7.84. The van der Waals surface area contributed by atoms with E-state index in [1.165, 1.54) is 10.4 Å². The molecule has 1 aliphatic heterocycles. The molecule has 0 radical (unpaired) electrons. The van der Waals surface area contributed by atoms with Gasteiger partial charge in [0.15, 0.2) is 0 Å². The van der Waals surface area contributed by atoms with Crippen molar-refractivity contribution in [1.82, 2.24) is 9.80 Å². The third-order valence-electron chi connectivity index (χ3n) is 5.75. The highest BCUT2D eigenvalue weighted by atomic mass is 32.1. The third-order valence-corrected chi connectivity index (χ3v) is 6.74. The molecule has 1 aromatic heterocycles. The van der Waals surface area contributed by atoms with Crippen LogP contribution in [0, 0.1) is 5.92 Å². The fourth-order valence-corrected chi connectivity index (χ4v) is 4.94. The van der Waals surface area contributed by atoms with Crippen molar-refractivity contribution in [3.63, 3.8) is 0 Å². The van der Waals surface area contributed by atoms with Crippen molar-refractivity contribution in [2.24, 2.45) is 5.92 Å². The van der Waals surface area contributed by atoms with Gasteiger partial charge in [-0.15, -0.1) is 11.3 Å². The summed E-state index contributed by atoms with van der Waals surface area (Å²) in [6, 6.07) is 12.4. The van der Waals surface area contributed by atoms with Crippen LogP contribution in [-0.2, 0) is 16.0 Å². The van der Waals surface area contributed by atoms with Crippen LogP contribution in [0.5, 0.6) is 0 Å². The number of thiophene rings is 1. The van der Waals surface area contributed by atoms with Gasteiger partial charge in [-0.3, -0.25) is 9.59 Å². The zero-order valence-electron chi connectivity index (χ0n) is 16.5. The van der Waals surface area contributed by atoms with E-state index in [1.807, 2.05) is 28.0 Å². The Morgan fingerprint density at radius 3 is 2.68 bits per heavy atom. The number of carbonyl (C=O) groups excluding carboxylic acids is 2. The Hall–Kier alpha value is -2.14. The summed E-state index contributed by atoms with van der Waals surface area (Å²) in [4.78, 5) is 31.2. The summed E-state index contributed by atoms with van der Waals surface area (Å²) in [5.74, 6) is 0.390. The summed E-state index contributed by atoms with van der Waals surface area (Å²) in [7, 11) is 0. The van der Waals surface area contributed by atoms with Crippen molar-refractivity contribution in [2.75, 3.05) is 19.6 Å². The van der Waals surface area contributed by atoms with E-state index in [9.17, 15) is 9.59 Å². The lowest BCUT2D eigenvalue weighted by atomic mass is 9.93. The normalized spacial score (nSPS) is 18.6. The largest absolute Gasteiger partial charge is 0.333 e. The molecule has 4 nitrogen and oxygen atoms in total. The SMILES string of the molecule is CCCCN(CC(=O)N1CCc2sccc2[C@@H]1c1ccccc1)C(=O)C1CC1. The lowest BCUT2D eigenvalue weighted by Gasteiger charge is -2.37. The van der Waals surface area contributed by atoms with E-state index < -0.39 is 0 Å². The second kappa shape index (κ2) is 8.48. The molecular formula is C23H28N2O2S. The van der Waals surface area contributed by atoms with Gasteiger partial charge in [-0.2, -0.15) is 0 Å². The van der Waals surface area contributed by atoms with Gasteiger partial charge in [0.2, 0.25) is 11.8 Å². The predicted molar refractivity (Wildman–Crippen MR) is 112 cm³/mol. The van der Waals surface area contributed by atoms with Crippen molar-refractivity contribution < 1.29 is 9.59 Å². The van der Waals surface area contributed by atoms with Gasteiger partial charge < -0.3 is 9.80 Å². The Bertz CT molecular complexity index is 828. The summed E-state index contributed by atoms with van der Waals surface area (Å²) in [5, 5.41) is 2.12. The number of fused-ring (bicyclic) bond motifs is 1. The highest BCUT2D eigenvalue weighted by molar-refractivity contribution is 7.10. The van der Waals surface area contributed by atoms with Crippen LogP contribution in [0.15, 0.2) is 41.8 Å². The molecule has 1 atom stereocenters. The molecular weight excluding hydrogens is 368 g/mol. The van der Waals surface area contributed by atoms with Crippen LogP contribution in [-0.4, -0.2) is 41.2 Å². The van der Waals surface area contributed by atoms with E-state index in [0.717, 1.165) is 37.7 Å². The molecule has 2 amide bonds. The molecule has 4 rings (SSSR count). The Morgan fingerprint density at radius 2 is 1.96 bits per heavy atom. The first kappa shape index (κ1) is 19.2. The number of carbonyl (C=O) groups is 2. The predicted octanol–water partition coefficient (Wildman–Crippen LogP) is 4.26. The van der Waals surface area contributed by atoms with E-state index in [-0.39, 0.29) is 30.3 Å². The van der Waals surface area contributed by atoms with Gasteiger partial charge in [-0.1, -0.05) is 43.7 Å². The highest BCUT2D eigenvalue weighted by Crippen LogP contribution is 2.38. The smallest absolute Gasteiger partial charge is 0.242 e. The van der Waals surface area contributed by atoms with Crippen LogP contribution < -0.4 is 0 Å². The van der Waals surface area contributed by atoms with Crippen molar-refractivity contribution in [1.29, 1.82) is 0 Å². The van der Waals surface area contributed by atoms with Crippen LogP contribution in [0.4, 0.5) is 0 Å². The van der Waals surface area contributed by atoms with Gasteiger partial charge in [0.25, 0.3) is 0 Å². The third kappa shape index (κ3) is 4.00. The van der Waals surface area contributed by atoms with Crippen LogP contribution in [0.25, 0.3) is 0 Å². The van der Waals surface area contributed by atoms with Crippen LogP contribution in [0.1, 0.15) is 54.7 Å². The van der Waals surface area contributed by atoms with E-state index in [4.69, 9.17) is 0 Å². The molecule has 1 aromatic carbocycles. The topological polar surface area (TPSA) is 40.6 Å². The summed E-state index contributed by atoms with van der Waals surface area (Å²) in [5.41, 5.74) is 2.38. The lowest BCUT2D eigenvalue weighted by molar-refractivity contribution is -0.142. The minimum Gasteiger partial charge on any atom is -0.333 e. The van der Waals surface area contributed by atoms with E-state index >= 15 is 0 Å². The standard InChI is InChI=1S/C23H28N2O2S/c1-2-3-13-24(23(27)18-9-10-18)16-21(26)25-14-11-20-19(12-15-28-20)22(25)17-7-5-4-6-8-17/h4-8,12,15,18,22H,2-3,9-11,13-14,16H2,1H3/t22-/m0/s1. The average Bonchev–Trinajstić information content (AvgIpc) is 3.47. The fourth-order valence-electron chi connectivity index (χ4n) is 4.04. The Kier molecular flexibility index (Phi) is 5.81. The van der Waals surface area contributed by atoms with Gasteiger partial charge >= 0.3 is 0 Å². The number of nitrogens with zero attached hydrogens (tertiary/aromatic N) is 2. The van der Waals surface area contributed by atoms with Crippen molar-refractivity contribution >= 4 is 23.2 Å². The number of unbranched alkanes of at least 4 members (excludes halogenated alkanes) is 1. The van der Waals surface area contributed by atoms with Crippen LogP contribution in [0.3, 0.4) is 0 Å². The first-order chi connectivity index (χ1) is 13.7. The van der Waals surface area contributed by atoms with Crippen molar-refractivity contribution in [3.8, 4) is 0 Å². The van der Waals surface area contributed by atoms with E-state index in [1.54, 1.807) is 11.3 Å². The zero-order chi connectivity index (χ0) is 19.5. The molecule has 1 aliphatic carbocycles. The summed E-state index contributed by atoms with van der Waals surface area (Å²) >= 11 is 1.78. The quantitative estimate of drug-likeness (QED) is 0.702. The Balaban J connectivity index is 1.57. The first-order valence-electron chi connectivity index (χ1n) is 10.4. The van der Waals surface area contributed by atoms with Gasteiger partial charge in [-0.05, 0) is 48.3 Å². The molecule has 0 saturated heterocycles. The Labute approximate surface area is 171 Å². The maximum atomic E-state index is 13.4. The number of benzene rings is 1. The van der Waals surface area contributed by atoms with Gasteiger partial charge in [-0.25, -0.2) is 0 Å². The number of hydrogen-bond acceptors (Lipinski definition) is 3. The summed E-state index contributed by atoms with van der Waals surface area (Å²) in [6.45, 7) is 3.73. The molecule has 5 heteroatoms. The number of amides is 2. The maximum absolute atomic E-state index is 13.4. The molecule has 1 fully saturated rings.